The predicted octanol–water partition coefficient (Wildman–Crippen LogP) is 2.62. The average Bonchev–Trinajstić information content (AvgIpc) is 2.88. The van der Waals surface area contributed by atoms with Gasteiger partial charge in [-0.05, 0) is 36.5 Å². The van der Waals surface area contributed by atoms with Gasteiger partial charge in [0.1, 0.15) is 5.75 Å². The molecule has 0 fully saturated rings. The molecular weight excluding hydrogens is 262 g/mol. The van der Waals surface area contributed by atoms with Crippen LogP contribution in [0.15, 0.2) is 42.5 Å². The van der Waals surface area contributed by atoms with Gasteiger partial charge in [0.15, 0.2) is 0 Å². The summed E-state index contributed by atoms with van der Waals surface area (Å²) in [7, 11) is 0. The molecule has 2 aromatic rings. The number of aromatic hydroxyl groups is 1. The van der Waals surface area contributed by atoms with E-state index in [4.69, 9.17) is 0 Å². The maximum atomic E-state index is 10.1. The molecule has 3 heteroatoms. The van der Waals surface area contributed by atoms with Gasteiger partial charge in [-0.15, -0.1) is 0 Å². The standard InChI is InChI=1S/C18H21NO2/c1-13-5-4-7-15(17(13)21)11-19-18(12-20)10-9-14-6-2-3-8-16(14)18/h2-8,19-21H,9-12H2,1H3. The number of benzene rings is 2. The van der Waals surface area contributed by atoms with Crippen molar-refractivity contribution >= 4 is 0 Å². The normalized spacial score (nSPS) is 20.5. The minimum Gasteiger partial charge on any atom is -0.507 e. The summed E-state index contributed by atoms with van der Waals surface area (Å²) < 4.78 is 0. The zero-order valence-electron chi connectivity index (χ0n) is 12.3. The molecule has 1 aliphatic carbocycles. The Labute approximate surface area is 125 Å². The van der Waals surface area contributed by atoms with E-state index in [1.165, 1.54) is 11.1 Å². The van der Waals surface area contributed by atoms with Crippen LogP contribution in [0, 0.1) is 6.92 Å². The first kappa shape index (κ1) is 14.1. The lowest BCUT2D eigenvalue weighted by Crippen LogP contribution is -2.43. The smallest absolute Gasteiger partial charge is 0.122 e. The van der Waals surface area contributed by atoms with Gasteiger partial charge < -0.3 is 15.5 Å². The fourth-order valence-electron chi connectivity index (χ4n) is 3.22. The quantitative estimate of drug-likeness (QED) is 0.808. The fraction of sp³-hybridized carbons (Fsp3) is 0.333. The van der Waals surface area contributed by atoms with Crippen LogP contribution in [0.2, 0.25) is 0 Å². The molecule has 0 saturated carbocycles. The largest absolute Gasteiger partial charge is 0.507 e. The molecule has 0 aliphatic heterocycles. The van der Waals surface area contributed by atoms with Gasteiger partial charge in [-0.25, -0.2) is 0 Å². The maximum absolute atomic E-state index is 10.1. The molecule has 110 valence electrons. The summed E-state index contributed by atoms with van der Waals surface area (Å²) in [6.45, 7) is 2.50. The third-order valence-corrected chi connectivity index (χ3v) is 4.56. The Kier molecular flexibility index (Phi) is 3.70. The van der Waals surface area contributed by atoms with Crippen LogP contribution in [0.5, 0.6) is 5.75 Å². The van der Waals surface area contributed by atoms with Gasteiger partial charge in [0.05, 0.1) is 12.1 Å². The number of hydrogen-bond acceptors (Lipinski definition) is 3. The molecule has 0 saturated heterocycles. The van der Waals surface area contributed by atoms with E-state index in [1.807, 2.05) is 37.3 Å². The number of hydrogen-bond donors (Lipinski definition) is 3. The lowest BCUT2D eigenvalue weighted by Gasteiger charge is -2.30. The highest BCUT2D eigenvalue weighted by Crippen LogP contribution is 2.37. The van der Waals surface area contributed by atoms with Gasteiger partial charge in [0, 0.05) is 12.1 Å². The van der Waals surface area contributed by atoms with E-state index in [0.29, 0.717) is 12.3 Å². The molecule has 1 atom stereocenters. The van der Waals surface area contributed by atoms with Crippen LogP contribution in [0.3, 0.4) is 0 Å². The van der Waals surface area contributed by atoms with Crippen molar-refractivity contribution in [2.75, 3.05) is 6.61 Å². The number of aliphatic hydroxyl groups excluding tert-OH is 1. The molecule has 3 rings (SSSR count). The first-order chi connectivity index (χ1) is 10.2. The molecule has 0 aromatic heterocycles. The third kappa shape index (κ3) is 2.43. The molecule has 1 aliphatic rings. The van der Waals surface area contributed by atoms with Crippen molar-refractivity contribution in [3.8, 4) is 5.75 Å². The Hall–Kier alpha value is -1.84. The summed E-state index contributed by atoms with van der Waals surface area (Å²) in [4.78, 5) is 0. The molecule has 0 heterocycles. The van der Waals surface area contributed by atoms with Crippen molar-refractivity contribution in [2.24, 2.45) is 0 Å². The van der Waals surface area contributed by atoms with E-state index in [1.54, 1.807) is 0 Å². The van der Waals surface area contributed by atoms with Gasteiger partial charge in [-0.3, -0.25) is 0 Å². The second-order valence-electron chi connectivity index (χ2n) is 5.83. The zero-order chi connectivity index (χ0) is 14.9. The molecule has 0 spiro atoms. The molecule has 0 radical (unpaired) electrons. The monoisotopic (exact) mass is 283 g/mol. The lowest BCUT2D eigenvalue weighted by molar-refractivity contribution is 0.158. The Bertz CT molecular complexity index is 653. The van der Waals surface area contributed by atoms with Crippen molar-refractivity contribution < 1.29 is 10.2 Å². The van der Waals surface area contributed by atoms with E-state index in [0.717, 1.165) is 24.0 Å². The van der Waals surface area contributed by atoms with Crippen molar-refractivity contribution in [3.63, 3.8) is 0 Å². The van der Waals surface area contributed by atoms with Crippen LogP contribution in [-0.2, 0) is 18.5 Å². The zero-order valence-corrected chi connectivity index (χ0v) is 12.3. The molecule has 3 nitrogen and oxygen atoms in total. The number of aryl methyl sites for hydroxylation is 2. The highest BCUT2D eigenvalue weighted by atomic mass is 16.3. The van der Waals surface area contributed by atoms with Gasteiger partial charge in [-0.1, -0.05) is 42.5 Å². The molecule has 0 bridgehead atoms. The average molecular weight is 283 g/mol. The molecule has 21 heavy (non-hydrogen) atoms. The van der Waals surface area contributed by atoms with Crippen molar-refractivity contribution in [1.82, 2.24) is 5.32 Å². The number of phenols is 1. The minimum absolute atomic E-state index is 0.0661. The Morgan fingerprint density at radius 3 is 2.76 bits per heavy atom. The highest BCUT2D eigenvalue weighted by molar-refractivity contribution is 5.41. The number of nitrogens with one attached hydrogen (secondary N) is 1. The number of para-hydroxylation sites is 1. The summed E-state index contributed by atoms with van der Waals surface area (Å²) in [6, 6.07) is 14.0. The second kappa shape index (κ2) is 5.51. The molecule has 1 unspecified atom stereocenters. The topological polar surface area (TPSA) is 52.5 Å². The van der Waals surface area contributed by atoms with E-state index < -0.39 is 5.54 Å². The predicted molar refractivity (Wildman–Crippen MR) is 83.2 cm³/mol. The van der Waals surface area contributed by atoms with Gasteiger partial charge >= 0.3 is 0 Å². The van der Waals surface area contributed by atoms with Crippen LogP contribution in [0.4, 0.5) is 0 Å². The second-order valence-corrected chi connectivity index (χ2v) is 5.83. The third-order valence-electron chi connectivity index (χ3n) is 4.56. The number of fused-ring (bicyclic) bond motifs is 1. The van der Waals surface area contributed by atoms with Crippen LogP contribution >= 0.6 is 0 Å². The van der Waals surface area contributed by atoms with Crippen LogP contribution in [0.25, 0.3) is 0 Å². The van der Waals surface area contributed by atoms with E-state index >= 15 is 0 Å². The van der Waals surface area contributed by atoms with E-state index in [9.17, 15) is 10.2 Å². The number of rotatable bonds is 4. The van der Waals surface area contributed by atoms with Crippen LogP contribution < -0.4 is 5.32 Å². The Balaban J connectivity index is 1.85. The van der Waals surface area contributed by atoms with Crippen LogP contribution in [-0.4, -0.2) is 16.8 Å². The summed E-state index contributed by atoms with van der Waals surface area (Å²) >= 11 is 0. The fourth-order valence-corrected chi connectivity index (χ4v) is 3.22. The van der Waals surface area contributed by atoms with Gasteiger partial charge in [-0.2, -0.15) is 0 Å². The van der Waals surface area contributed by atoms with Crippen molar-refractivity contribution in [3.05, 3.63) is 64.7 Å². The maximum Gasteiger partial charge on any atom is 0.122 e. The summed E-state index contributed by atoms with van der Waals surface area (Å²) in [5, 5.41) is 23.5. The van der Waals surface area contributed by atoms with Crippen molar-refractivity contribution in [1.29, 1.82) is 0 Å². The Morgan fingerprint density at radius 2 is 1.95 bits per heavy atom. The van der Waals surface area contributed by atoms with E-state index in [2.05, 4.69) is 17.4 Å². The van der Waals surface area contributed by atoms with Gasteiger partial charge in [0.2, 0.25) is 0 Å². The summed E-state index contributed by atoms with van der Waals surface area (Å²) in [5.41, 5.74) is 3.82. The number of aliphatic hydroxyl groups is 1. The minimum atomic E-state index is -0.396. The van der Waals surface area contributed by atoms with E-state index in [-0.39, 0.29) is 6.61 Å². The molecule has 3 N–H and O–H groups in total. The molecule has 2 aromatic carbocycles. The van der Waals surface area contributed by atoms with Crippen molar-refractivity contribution in [2.45, 2.75) is 31.8 Å². The summed E-state index contributed by atoms with van der Waals surface area (Å²) in [6.07, 6.45) is 1.86. The number of phenolic OH excluding ortho intramolecular Hbond substituents is 1. The van der Waals surface area contributed by atoms with Gasteiger partial charge in [0.25, 0.3) is 0 Å². The Morgan fingerprint density at radius 1 is 1.14 bits per heavy atom. The van der Waals surface area contributed by atoms with Crippen LogP contribution in [0.1, 0.15) is 28.7 Å². The molecule has 0 amide bonds. The first-order valence-electron chi connectivity index (χ1n) is 7.38. The SMILES string of the molecule is Cc1cccc(CNC2(CO)CCc3ccccc32)c1O. The lowest BCUT2D eigenvalue weighted by atomic mass is 9.92. The highest BCUT2D eigenvalue weighted by Gasteiger charge is 2.37. The summed E-state index contributed by atoms with van der Waals surface area (Å²) in [5.74, 6) is 0.337. The first-order valence-corrected chi connectivity index (χ1v) is 7.38. The molecular formula is C18H21NO2.